The molecule has 3 rings (SSSR count). The van der Waals surface area contributed by atoms with Crippen LogP contribution in [0.4, 0.5) is 23.5 Å². The first kappa shape index (κ1) is 19.0. The van der Waals surface area contributed by atoms with E-state index in [1.165, 1.54) is 18.3 Å². The van der Waals surface area contributed by atoms with E-state index in [0.717, 1.165) is 17.4 Å². The van der Waals surface area contributed by atoms with Gasteiger partial charge in [0.05, 0.1) is 22.5 Å². The third kappa shape index (κ3) is 4.48. The predicted octanol–water partition coefficient (Wildman–Crippen LogP) is 4.33. The molecule has 0 saturated heterocycles. The van der Waals surface area contributed by atoms with Gasteiger partial charge in [0.1, 0.15) is 0 Å². The number of hydrogen-bond donors (Lipinski definition) is 1. The van der Waals surface area contributed by atoms with Crippen LogP contribution in [0.15, 0.2) is 29.5 Å². The minimum absolute atomic E-state index is 0.0781. The molecule has 11 heteroatoms. The first-order chi connectivity index (χ1) is 12.8. The van der Waals surface area contributed by atoms with Gasteiger partial charge in [0.2, 0.25) is 5.95 Å². The minimum atomic E-state index is -4.65. The summed E-state index contributed by atoms with van der Waals surface area (Å²) in [6.45, 7) is 4.13. The highest BCUT2D eigenvalue weighted by Crippen LogP contribution is 2.31. The molecule has 3 aromatic rings. The Balaban J connectivity index is 1.95. The molecule has 0 aromatic carbocycles. The molecule has 0 saturated carbocycles. The van der Waals surface area contributed by atoms with Crippen molar-refractivity contribution >= 4 is 23.5 Å². The topological polar surface area (TPSA) is 68.0 Å². The number of halogens is 4. The van der Waals surface area contributed by atoms with Gasteiger partial charge in [-0.05, 0) is 32.0 Å². The molecule has 0 amide bonds. The molecular weight excluding hydrogens is 384 g/mol. The first-order valence-electron chi connectivity index (χ1n) is 7.81. The van der Waals surface area contributed by atoms with Crippen molar-refractivity contribution in [1.29, 1.82) is 0 Å². The number of nitrogens with one attached hydrogen (secondary N) is 1. The zero-order valence-corrected chi connectivity index (χ0v) is 15.1. The average molecular weight is 398 g/mol. The van der Waals surface area contributed by atoms with Crippen molar-refractivity contribution in [3.8, 4) is 11.3 Å². The van der Waals surface area contributed by atoms with Crippen molar-refractivity contribution in [2.24, 2.45) is 5.10 Å². The highest BCUT2D eigenvalue weighted by atomic mass is 32.1. The number of aryl methyl sites for hydroxylation is 2. The number of nitrogens with zero attached hydrogens (tertiary/aromatic N) is 5. The van der Waals surface area contributed by atoms with Crippen molar-refractivity contribution < 1.29 is 17.6 Å². The fourth-order valence-corrected chi connectivity index (χ4v) is 2.87. The summed E-state index contributed by atoms with van der Waals surface area (Å²) >= 11 is 0.850. The molecule has 3 aromatic heterocycles. The number of rotatable bonds is 5. The van der Waals surface area contributed by atoms with E-state index in [0.29, 0.717) is 22.7 Å². The molecule has 6 nitrogen and oxygen atoms in total. The summed E-state index contributed by atoms with van der Waals surface area (Å²) in [6.07, 6.45) is -1.75. The van der Waals surface area contributed by atoms with Crippen molar-refractivity contribution in [3.63, 3.8) is 0 Å². The summed E-state index contributed by atoms with van der Waals surface area (Å²) in [5, 5.41) is 7.61. The van der Waals surface area contributed by atoms with Gasteiger partial charge >= 0.3 is 6.18 Å². The Hall–Kier alpha value is -2.82. The Morgan fingerprint density at radius 1 is 1.30 bits per heavy atom. The lowest BCUT2D eigenvalue weighted by atomic mass is 10.1. The van der Waals surface area contributed by atoms with Crippen LogP contribution in [0, 0.1) is 12.1 Å². The molecule has 0 atom stereocenters. The zero-order valence-electron chi connectivity index (χ0n) is 14.3. The summed E-state index contributed by atoms with van der Waals surface area (Å²) in [7, 11) is 0. The highest BCUT2D eigenvalue weighted by Gasteiger charge is 2.34. The molecule has 0 unspecified atom stereocenters. The molecular formula is C16H14F4N6S. The molecule has 142 valence electrons. The second-order valence-corrected chi connectivity index (χ2v) is 6.52. The van der Waals surface area contributed by atoms with Crippen molar-refractivity contribution in [2.75, 3.05) is 5.43 Å². The normalized spacial score (nSPS) is 12.1. The molecule has 0 aliphatic rings. The lowest BCUT2D eigenvalue weighted by Gasteiger charge is -2.09. The second-order valence-electron chi connectivity index (χ2n) is 5.46. The van der Waals surface area contributed by atoms with Gasteiger partial charge in [-0.3, -0.25) is 4.68 Å². The Labute approximate surface area is 155 Å². The van der Waals surface area contributed by atoms with Gasteiger partial charge < -0.3 is 0 Å². The molecule has 0 bridgehead atoms. The number of hydrazone groups is 1. The largest absolute Gasteiger partial charge is 0.433 e. The Kier molecular flexibility index (Phi) is 5.22. The maximum Gasteiger partial charge on any atom is 0.433 e. The molecule has 0 spiro atoms. The van der Waals surface area contributed by atoms with Gasteiger partial charge in [-0.25, -0.2) is 15.4 Å². The summed E-state index contributed by atoms with van der Waals surface area (Å²) in [5.74, 6) is -0.322. The predicted molar refractivity (Wildman–Crippen MR) is 94.2 cm³/mol. The van der Waals surface area contributed by atoms with Crippen molar-refractivity contribution in [3.05, 3.63) is 45.8 Å². The third-order valence-electron chi connectivity index (χ3n) is 3.51. The Morgan fingerprint density at radius 2 is 2.07 bits per heavy atom. The van der Waals surface area contributed by atoms with Crippen LogP contribution in [0.3, 0.4) is 0 Å². The van der Waals surface area contributed by atoms with Crippen LogP contribution in [0.2, 0.25) is 0 Å². The standard InChI is InChI=1S/C16H14F4N6S/c1-3-26-8-11(9(2)25-26)12-6-13(16(18,19)20)23-15(22-12)24-21-7-10-4-5-14(17)27-10/h4-8H,3H2,1-2H3,(H,22,23,24)/b21-7-. The first-order valence-corrected chi connectivity index (χ1v) is 8.63. The number of hydrogen-bond acceptors (Lipinski definition) is 6. The van der Waals surface area contributed by atoms with Gasteiger partial charge in [0, 0.05) is 18.3 Å². The third-order valence-corrected chi connectivity index (χ3v) is 4.32. The van der Waals surface area contributed by atoms with Crippen LogP contribution in [0.5, 0.6) is 0 Å². The number of anilines is 1. The van der Waals surface area contributed by atoms with Gasteiger partial charge in [-0.15, -0.1) is 11.3 Å². The van der Waals surface area contributed by atoms with E-state index in [4.69, 9.17) is 0 Å². The number of aromatic nitrogens is 4. The molecule has 27 heavy (non-hydrogen) atoms. The van der Waals surface area contributed by atoms with Crippen molar-refractivity contribution in [1.82, 2.24) is 19.7 Å². The fourth-order valence-electron chi connectivity index (χ4n) is 2.26. The van der Waals surface area contributed by atoms with Gasteiger partial charge in [-0.1, -0.05) is 0 Å². The molecule has 3 heterocycles. The zero-order chi connectivity index (χ0) is 19.6. The average Bonchev–Trinajstić information content (AvgIpc) is 3.19. The lowest BCUT2D eigenvalue weighted by molar-refractivity contribution is -0.141. The molecule has 0 aliphatic heterocycles. The van der Waals surface area contributed by atoms with E-state index >= 15 is 0 Å². The van der Waals surface area contributed by atoms with Gasteiger partial charge in [0.25, 0.3) is 0 Å². The second kappa shape index (κ2) is 7.43. The molecule has 0 aliphatic carbocycles. The smallest absolute Gasteiger partial charge is 0.272 e. The Morgan fingerprint density at radius 3 is 2.67 bits per heavy atom. The van der Waals surface area contributed by atoms with Gasteiger partial charge in [0.15, 0.2) is 10.8 Å². The molecule has 0 radical (unpaired) electrons. The van der Waals surface area contributed by atoms with E-state index in [1.807, 2.05) is 6.92 Å². The maximum atomic E-state index is 13.2. The summed E-state index contributed by atoms with van der Waals surface area (Å²) in [5.41, 5.74) is 2.36. The summed E-state index contributed by atoms with van der Waals surface area (Å²) in [6, 6.07) is 3.62. The van der Waals surface area contributed by atoms with E-state index in [9.17, 15) is 17.6 Å². The maximum absolute atomic E-state index is 13.2. The van der Waals surface area contributed by atoms with Crippen LogP contribution < -0.4 is 5.43 Å². The highest BCUT2D eigenvalue weighted by molar-refractivity contribution is 7.12. The quantitative estimate of drug-likeness (QED) is 0.395. The van der Waals surface area contributed by atoms with E-state index in [1.54, 1.807) is 17.8 Å². The van der Waals surface area contributed by atoms with Gasteiger partial charge in [-0.2, -0.15) is 27.8 Å². The van der Waals surface area contributed by atoms with Crippen LogP contribution >= 0.6 is 11.3 Å². The number of alkyl halides is 3. The van der Waals surface area contributed by atoms with Crippen LogP contribution in [-0.4, -0.2) is 26.0 Å². The monoisotopic (exact) mass is 398 g/mol. The molecule has 0 fully saturated rings. The number of thiophene rings is 1. The van der Waals surface area contributed by atoms with E-state index < -0.39 is 17.0 Å². The Bertz CT molecular complexity index is 976. The van der Waals surface area contributed by atoms with Crippen LogP contribution in [0.25, 0.3) is 11.3 Å². The SMILES string of the molecule is CCn1cc(-c2cc(C(F)(F)F)nc(N/N=C\c3ccc(F)s3)n2)c(C)n1. The summed E-state index contributed by atoms with van der Waals surface area (Å²) in [4.78, 5) is 8.06. The summed E-state index contributed by atoms with van der Waals surface area (Å²) < 4.78 is 54.2. The minimum Gasteiger partial charge on any atom is -0.272 e. The molecule has 1 N–H and O–H groups in total. The fraction of sp³-hybridized carbons (Fsp3) is 0.250. The van der Waals surface area contributed by atoms with E-state index in [-0.39, 0.29) is 11.6 Å². The van der Waals surface area contributed by atoms with Crippen LogP contribution in [0.1, 0.15) is 23.2 Å². The van der Waals surface area contributed by atoms with Crippen LogP contribution in [-0.2, 0) is 12.7 Å². The van der Waals surface area contributed by atoms with Crippen molar-refractivity contribution in [2.45, 2.75) is 26.6 Å². The van der Waals surface area contributed by atoms with E-state index in [2.05, 4.69) is 25.6 Å². The lowest BCUT2D eigenvalue weighted by Crippen LogP contribution is -2.11.